The van der Waals surface area contributed by atoms with Crippen molar-refractivity contribution in [3.8, 4) is 17.6 Å². The molecule has 0 spiro atoms. The second-order valence-electron chi connectivity index (χ2n) is 5.17. The van der Waals surface area contributed by atoms with Gasteiger partial charge in [-0.3, -0.25) is 5.43 Å². The molecule has 1 aromatic heterocycles. The summed E-state index contributed by atoms with van der Waals surface area (Å²) >= 11 is 0. The van der Waals surface area contributed by atoms with Crippen molar-refractivity contribution in [3.63, 3.8) is 0 Å². The number of aryl methyl sites for hydroxylation is 1. The van der Waals surface area contributed by atoms with E-state index in [1.807, 2.05) is 31.2 Å². The van der Waals surface area contributed by atoms with Crippen LogP contribution in [0.2, 0.25) is 0 Å². The fourth-order valence-electron chi connectivity index (χ4n) is 2.38. The van der Waals surface area contributed by atoms with E-state index in [-0.39, 0.29) is 6.79 Å². The zero-order valence-electron chi connectivity index (χ0n) is 13.4. The first kappa shape index (κ1) is 15.8. The highest BCUT2D eigenvalue weighted by Gasteiger charge is 2.13. The fraction of sp³-hybridized carbons (Fsp3) is 0.235. The second kappa shape index (κ2) is 6.98. The maximum Gasteiger partial charge on any atom is 0.231 e. The second-order valence-corrected chi connectivity index (χ2v) is 5.17. The van der Waals surface area contributed by atoms with Crippen LogP contribution >= 0.6 is 0 Å². The summed E-state index contributed by atoms with van der Waals surface area (Å²) in [6.45, 7) is 2.43. The van der Waals surface area contributed by atoms with Crippen LogP contribution in [0.1, 0.15) is 22.4 Å². The summed E-state index contributed by atoms with van der Waals surface area (Å²) in [5.74, 6) is 1.81. The van der Waals surface area contributed by atoms with Gasteiger partial charge in [0.15, 0.2) is 17.3 Å². The quantitative estimate of drug-likeness (QED) is 0.672. The van der Waals surface area contributed by atoms with E-state index in [0.29, 0.717) is 23.7 Å². The number of fused-ring (bicyclic) bond motifs is 1. The Bertz CT molecular complexity index is 827. The number of benzene rings is 1. The van der Waals surface area contributed by atoms with Crippen LogP contribution in [0, 0.1) is 18.3 Å². The van der Waals surface area contributed by atoms with Crippen molar-refractivity contribution in [2.24, 2.45) is 5.10 Å². The number of nitrogens with zero attached hydrogens (tertiary/aromatic N) is 3. The minimum absolute atomic E-state index is 0.231. The Hall–Kier alpha value is -3.11. The van der Waals surface area contributed by atoms with Crippen LogP contribution in [0.4, 0.5) is 5.82 Å². The van der Waals surface area contributed by atoms with Gasteiger partial charge >= 0.3 is 0 Å². The summed E-state index contributed by atoms with van der Waals surface area (Å²) in [5, 5.41) is 13.5. The molecule has 1 aliphatic rings. The van der Waals surface area contributed by atoms with Gasteiger partial charge in [0, 0.05) is 18.4 Å². The molecule has 0 saturated carbocycles. The third kappa shape index (κ3) is 3.29. The van der Waals surface area contributed by atoms with Crippen molar-refractivity contribution in [1.29, 1.82) is 5.26 Å². The molecule has 0 atom stereocenters. The first-order chi connectivity index (χ1) is 11.7. The van der Waals surface area contributed by atoms with Crippen molar-refractivity contribution < 1.29 is 14.2 Å². The molecule has 2 heterocycles. The lowest BCUT2D eigenvalue weighted by molar-refractivity contribution is 0.174. The first-order valence-corrected chi connectivity index (χ1v) is 7.29. The van der Waals surface area contributed by atoms with Crippen LogP contribution in [-0.4, -0.2) is 25.1 Å². The monoisotopic (exact) mass is 324 g/mol. The molecule has 0 amide bonds. The van der Waals surface area contributed by atoms with Crippen LogP contribution in [0.25, 0.3) is 0 Å². The molecule has 24 heavy (non-hydrogen) atoms. The minimum atomic E-state index is 0.231. The molecule has 0 radical (unpaired) electrons. The number of anilines is 1. The molecule has 0 bridgehead atoms. The Morgan fingerprint density at radius 1 is 1.38 bits per heavy atom. The van der Waals surface area contributed by atoms with Crippen LogP contribution < -0.4 is 14.9 Å². The summed E-state index contributed by atoms with van der Waals surface area (Å²) in [7, 11) is 1.59. The molecule has 2 aromatic rings. The molecule has 0 unspecified atom stereocenters. The number of hydrogen-bond acceptors (Lipinski definition) is 7. The number of hydrazone groups is 1. The third-order valence-electron chi connectivity index (χ3n) is 3.42. The summed E-state index contributed by atoms with van der Waals surface area (Å²) in [6, 6.07) is 9.49. The van der Waals surface area contributed by atoms with Gasteiger partial charge < -0.3 is 14.2 Å². The van der Waals surface area contributed by atoms with Crippen molar-refractivity contribution in [3.05, 3.63) is 46.6 Å². The number of nitriles is 1. The molecule has 1 N–H and O–H groups in total. The van der Waals surface area contributed by atoms with Gasteiger partial charge in [0.25, 0.3) is 0 Å². The van der Waals surface area contributed by atoms with Crippen LogP contribution in [-0.2, 0) is 11.3 Å². The van der Waals surface area contributed by atoms with Gasteiger partial charge in [0.1, 0.15) is 11.6 Å². The molecular formula is C17H16N4O3. The molecule has 122 valence electrons. The number of methoxy groups -OCH3 is 1. The molecular weight excluding hydrogens is 308 g/mol. The van der Waals surface area contributed by atoms with Crippen molar-refractivity contribution in [2.45, 2.75) is 13.5 Å². The molecule has 3 rings (SSSR count). The van der Waals surface area contributed by atoms with Crippen LogP contribution in [0.15, 0.2) is 29.4 Å². The molecule has 1 aromatic carbocycles. The Morgan fingerprint density at radius 2 is 2.21 bits per heavy atom. The highest BCUT2D eigenvalue weighted by molar-refractivity contribution is 5.81. The van der Waals surface area contributed by atoms with E-state index in [1.54, 1.807) is 13.3 Å². The molecule has 0 saturated heterocycles. The van der Waals surface area contributed by atoms with Gasteiger partial charge in [-0.25, -0.2) is 4.98 Å². The molecule has 0 aliphatic carbocycles. The lowest BCUT2D eigenvalue weighted by atomic mass is 10.1. The summed E-state index contributed by atoms with van der Waals surface area (Å²) in [6.07, 6.45) is 1.63. The van der Waals surface area contributed by atoms with Gasteiger partial charge in [0.05, 0.1) is 12.8 Å². The van der Waals surface area contributed by atoms with Gasteiger partial charge in [-0.05, 0) is 36.8 Å². The molecule has 7 heteroatoms. The third-order valence-corrected chi connectivity index (χ3v) is 3.42. The number of hydrogen-bond donors (Lipinski definition) is 1. The molecule has 0 fully saturated rings. The number of ether oxygens (including phenoxy) is 3. The van der Waals surface area contributed by atoms with E-state index < -0.39 is 0 Å². The number of pyridine rings is 1. The maximum atomic E-state index is 9.37. The zero-order chi connectivity index (χ0) is 16.9. The lowest BCUT2D eigenvalue weighted by Crippen LogP contribution is -2.03. The summed E-state index contributed by atoms with van der Waals surface area (Å²) < 4.78 is 15.7. The van der Waals surface area contributed by atoms with Crippen molar-refractivity contribution >= 4 is 12.0 Å². The predicted molar refractivity (Wildman–Crippen MR) is 88.2 cm³/mol. The van der Waals surface area contributed by atoms with Crippen LogP contribution in [0.5, 0.6) is 11.5 Å². The number of aromatic nitrogens is 1. The van der Waals surface area contributed by atoms with Gasteiger partial charge in [-0.15, -0.1) is 0 Å². The highest BCUT2D eigenvalue weighted by Crippen LogP contribution is 2.32. The van der Waals surface area contributed by atoms with E-state index >= 15 is 0 Å². The maximum absolute atomic E-state index is 9.37. The lowest BCUT2D eigenvalue weighted by Gasteiger charge is -2.09. The fourth-order valence-corrected chi connectivity index (χ4v) is 2.38. The predicted octanol–water partition coefficient (Wildman–Crippen LogP) is 2.58. The van der Waals surface area contributed by atoms with E-state index in [4.69, 9.17) is 14.2 Å². The Morgan fingerprint density at radius 3 is 3.00 bits per heavy atom. The largest absolute Gasteiger partial charge is 0.454 e. The Labute approximate surface area is 139 Å². The number of rotatable bonds is 5. The van der Waals surface area contributed by atoms with E-state index in [1.165, 1.54) is 0 Å². The molecule has 1 aliphatic heterocycles. The highest BCUT2D eigenvalue weighted by atomic mass is 16.7. The van der Waals surface area contributed by atoms with Crippen molar-refractivity contribution in [2.75, 3.05) is 19.3 Å². The zero-order valence-corrected chi connectivity index (χ0v) is 13.4. The normalized spacial score (nSPS) is 12.4. The Balaban J connectivity index is 1.80. The van der Waals surface area contributed by atoms with Gasteiger partial charge in [-0.2, -0.15) is 10.4 Å². The van der Waals surface area contributed by atoms with Gasteiger partial charge in [0.2, 0.25) is 6.79 Å². The molecule has 7 nitrogen and oxygen atoms in total. The van der Waals surface area contributed by atoms with Crippen LogP contribution in [0.3, 0.4) is 0 Å². The minimum Gasteiger partial charge on any atom is -0.454 e. The summed E-state index contributed by atoms with van der Waals surface area (Å²) in [4.78, 5) is 4.33. The van der Waals surface area contributed by atoms with E-state index in [2.05, 4.69) is 21.6 Å². The standard InChI is InChI=1S/C17H16N4O3/c1-11-5-13(9-22-2)14(7-18)17(20-11)21-19-8-12-3-4-15-16(6-12)24-10-23-15/h3-6,8H,9-10H2,1-2H3,(H,20,21). The van der Waals surface area contributed by atoms with Crippen molar-refractivity contribution in [1.82, 2.24) is 4.98 Å². The summed E-state index contributed by atoms with van der Waals surface area (Å²) in [5.41, 5.74) is 5.64. The average molecular weight is 324 g/mol. The van der Waals surface area contributed by atoms with E-state index in [9.17, 15) is 5.26 Å². The Kier molecular flexibility index (Phi) is 4.59. The average Bonchev–Trinajstić information content (AvgIpc) is 3.03. The van der Waals surface area contributed by atoms with Gasteiger partial charge in [-0.1, -0.05) is 0 Å². The topological polar surface area (TPSA) is 88.8 Å². The number of nitrogens with one attached hydrogen (secondary N) is 1. The van der Waals surface area contributed by atoms with E-state index in [0.717, 1.165) is 22.6 Å². The first-order valence-electron chi connectivity index (χ1n) is 7.29. The SMILES string of the molecule is COCc1cc(C)nc(NN=Cc2ccc3c(c2)OCO3)c1C#N. The smallest absolute Gasteiger partial charge is 0.231 e.